The summed E-state index contributed by atoms with van der Waals surface area (Å²) in [6, 6.07) is 14.8. The zero-order valence-electron chi connectivity index (χ0n) is 19.6. The first-order valence-corrected chi connectivity index (χ1v) is 13.0. The molecule has 1 saturated carbocycles. The van der Waals surface area contributed by atoms with Gasteiger partial charge in [0.2, 0.25) is 0 Å². The highest BCUT2D eigenvalue weighted by Gasteiger charge is 2.22. The Morgan fingerprint density at radius 1 is 0.969 bits per heavy atom. The number of hydrazine groups is 1. The van der Waals surface area contributed by atoms with Gasteiger partial charge in [-0.2, -0.15) is 0 Å². The lowest BCUT2D eigenvalue weighted by Crippen LogP contribution is -2.46. The van der Waals surface area contributed by atoms with Crippen LogP contribution >= 0.6 is 11.8 Å². The van der Waals surface area contributed by atoms with Crippen LogP contribution in [0.25, 0.3) is 5.57 Å². The molecule has 1 amide bonds. The molecule has 1 heterocycles. The maximum absolute atomic E-state index is 13.1. The van der Waals surface area contributed by atoms with Crippen LogP contribution in [-0.4, -0.2) is 36.1 Å². The van der Waals surface area contributed by atoms with Crippen LogP contribution in [0.15, 0.2) is 58.8 Å². The van der Waals surface area contributed by atoms with Gasteiger partial charge in [0.15, 0.2) is 0 Å². The van der Waals surface area contributed by atoms with Gasteiger partial charge in [-0.15, -0.1) is 0 Å². The van der Waals surface area contributed by atoms with Gasteiger partial charge in [0, 0.05) is 35.5 Å². The van der Waals surface area contributed by atoms with E-state index in [9.17, 15) is 4.79 Å². The molecule has 0 radical (unpaired) electrons. The van der Waals surface area contributed by atoms with E-state index in [1.54, 1.807) is 11.8 Å². The van der Waals surface area contributed by atoms with Crippen molar-refractivity contribution < 1.29 is 4.79 Å². The standard InChI is InChI=1S/C28H36N2OS/c1-21-20-24(28(31)29(3)30-18-10-5-11-19-30)16-17-26(21)32-27-15-9-8-14-25(27)22(2)23-12-6-4-7-13-23/h8-9,14-17,20,23H,2,4-7,10-13,18-19H2,1,3H3. The largest absolute Gasteiger partial charge is 0.274 e. The van der Waals surface area contributed by atoms with Crippen LogP contribution in [0.4, 0.5) is 0 Å². The van der Waals surface area contributed by atoms with E-state index in [4.69, 9.17) is 0 Å². The first-order valence-electron chi connectivity index (χ1n) is 12.1. The molecule has 1 aliphatic heterocycles. The van der Waals surface area contributed by atoms with Gasteiger partial charge in [-0.25, -0.2) is 5.01 Å². The lowest BCUT2D eigenvalue weighted by Gasteiger charge is -2.34. The molecule has 0 unspecified atom stereocenters. The third-order valence-corrected chi connectivity index (χ3v) is 8.28. The number of benzene rings is 2. The lowest BCUT2D eigenvalue weighted by molar-refractivity contribution is -0.00499. The van der Waals surface area contributed by atoms with Crippen molar-refractivity contribution in [1.29, 1.82) is 0 Å². The summed E-state index contributed by atoms with van der Waals surface area (Å²) in [6.45, 7) is 8.55. The fourth-order valence-corrected chi connectivity index (χ4v) is 6.05. The number of amides is 1. The van der Waals surface area contributed by atoms with Crippen molar-refractivity contribution in [2.75, 3.05) is 20.1 Å². The van der Waals surface area contributed by atoms with Crippen molar-refractivity contribution in [3.05, 3.63) is 65.7 Å². The van der Waals surface area contributed by atoms with Gasteiger partial charge in [-0.05, 0) is 79.5 Å². The minimum Gasteiger partial charge on any atom is -0.274 e. The summed E-state index contributed by atoms with van der Waals surface area (Å²) in [4.78, 5) is 15.5. The zero-order valence-corrected chi connectivity index (χ0v) is 20.4. The summed E-state index contributed by atoms with van der Waals surface area (Å²) in [5, 5.41) is 3.99. The topological polar surface area (TPSA) is 23.6 Å². The molecule has 2 aromatic carbocycles. The van der Waals surface area contributed by atoms with E-state index in [0.29, 0.717) is 5.92 Å². The Kier molecular flexibility index (Phi) is 7.75. The number of piperidine rings is 1. The Morgan fingerprint density at radius 2 is 1.66 bits per heavy atom. The first kappa shape index (κ1) is 23.1. The Balaban J connectivity index is 1.50. The second kappa shape index (κ2) is 10.7. The summed E-state index contributed by atoms with van der Waals surface area (Å²) in [5.41, 5.74) is 4.49. The van der Waals surface area contributed by atoms with Crippen LogP contribution in [0.2, 0.25) is 0 Å². The van der Waals surface area contributed by atoms with Gasteiger partial charge >= 0.3 is 0 Å². The predicted octanol–water partition coefficient (Wildman–Crippen LogP) is 7.21. The van der Waals surface area contributed by atoms with Crippen LogP contribution < -0.4 is 0 Å². The highest BCUT2D eigenvalue weighted by Crippen LogP contribution is 2.40. The Hall–Kier alpha value is -2.04. The molecule has 2 aromatic rings. The van der Waals surface area contributed by atoms with Gasteiger partial charge in [0.1, 0.15) is 0 Å². The molecular formula is C28H36N2OS. The maximum atomic E-state index is 13.1. The highest BCUT2D eigenvalue weighted by atomic mass is 32.2. The smallest absolute Gasteiger partial charge is 0.267 e. The SMILES string of the molecule is C=C(c1ccccc1Sc1ccc(C(=O)N(C)N2CCCCC2)cc1C)C1CCCCC1. The Morgan fingerprint density at radius 3 is 2.38 bits per heavy atom. The molecule has 4 rings (SSSR count). The van der Waals surface area contributed by atoms with E-state index in [0.717, 1.165) is 37.1 Å². The molecule has 170 valence electrons. The molecule has 1 aliphatic carbocycles. The Labute approximate surface area is 197 Å². The third kappa shape index (κ3) is 5.29. The summed E-state index contributed by atoms with van der Waals surface area (Å²) in [7, 11) is 1.90. The van der Waals surface area contributed by atoms with Crippen molar-refractivity contribution in [2.45, 2.75) is 68.1 Å². The van der Waals surface area contributed by atoms with Crippen molar-refractivity contribution in [1.82, 2.24) is 10.0 Å². The zero-order chi connectivity index (χ0) is 22.5. The minimum atomic E-state index is 0.0811. The molecule has 32 heavy (non-hydrogen) atoms. The van der Waals surface area contributed by atoms with Gasteiger partial charge in [-0.3, -0.25) is 9.80 Å². The number of rotatable bonds is 6. The lowest BCUT2D eigenvalue weighted by atomic mass is 9.82. The summed E-state index contributed by atoms with van der Waals surface area (Å²) >= 11 is 1.79. The quantitative estimate of drug-likeness (QED) is 0.466. The highest BCUT2D eigenvalue weighted by molar-refractivity contribution is 7.99. The second-order valence-electron chi connectivity index (χ2n) is 9.28. The number of nitrogens with zero attached hydrogens (tertiary/aromatic N) is 2. The average Bonchev–Trinajstić information content (AvgIpc) is 2.85. The molecule has 0 aromatic heterocycles. The minimum absolute atomic E-state index is 0.0811. The molecule has 1 saturated heterocycles. The van der Waals surface area contributed by atoms with Crippen LogP contribution in [0.1, 0.15) is 72.9 Å². The fraction of sp³-hybridized carbons (Fsp3) is 0.464. The second-order valence-corrected chi connectivity index (χ2v) is 10.4. The third-order valence-electron chi connectivity index (χ3n) is 7.02. The summed E-state index contributed by atoms with van der Waals surface area (Å²) in [6.07, 6.45) is 10.1. The van der Waals surface area contributed by atoms with Crippen LogP contribution in [0.5, 0.6) is 0 Å². The van der Waals surface area contributed by atoms with E-state index < -0.39 is 0 Å². The fourth-order valence-electron chi connectivity index (χ4n) is 5.00. The molecule has 0 atom stereocenters. The van der Waals surface area contributed by atoms with Crippen LogP contribution in [0, 0.1) is 12.8 Å². The predicted molar refractivity (Wildman–Crippen MR) is 135 cm³/mol. The van der Waals surface area contributed by atoms with Gasteiger partial charge in [0.25, 0.3) is 5.91 Å². The van der Waals surface area contributed by atoms with Crippen molar-refractivity contribution in [3.8, 4) is 0 Å². The van der Waals surface area contributed by atoms with Crippen molar-refractivity contribution >= 4 is 23.2 Å². The van der Waals surface area contributed by atoms with E-state index >= 15 is 0 Å². The number of carbonyl (C=O) groups excluding carboxylic acids is 1. The van der Waals surface area contributed by atoms with Crippen LogP contribution in [-0.2, 0) is 0 Å². The number of carbonyl (C=O) groups is 1. The summed E-state index contributed by atoms with van der Waals surface area (Å²) < 4.78 is 0. The number of hydrogen-bond acceptors (Lipinski definition) is 3. The van der Waals surface area contributed by atoms with Gasteiger partial charge in [-0.1, -0.05) is 62.2 Å². The van der Waals surface area contributed by atoms with Gasteiger partial charge in [0.05, 0.1) is 0 Å². The molecule has 2 fully saturated rings. The molecule has 0 N–H and O–H groups in total. The molecule has 3 nitrogen and oxygen atoms in total. The molecular weight excluding hydrogens is 412 g/mol. The normalized spacial score (nSPS) is 17.8. The van der Waals surface area contributed by atoms with E-state index in [1.807, 2.05) is 24.2 Å². The first-order chi connectivity index (χ1) is 15.5. The van der Waals surface area contributed by atoms with Gasteiger partial charge < -0.3 is 0 Å². The average molecular weight is 449 g/mol. The van der Waals surface area contributed by atoms with E-state index in [1.165, 1.54) is 59.5 Å². The monoisotopic (exact) mass is 448 g/mol. The maximum Gasteiger partial charge on any atom is 0.267 e. The van der Waals surface area contributed by atoms with Crippen molar-refractivity contribution in [3.63, 3.8) is 0 Å². The van der Waals surface area contributed by atoms with Crippen molar-refractivity contribution in [2.24, 2.45) is 5.92 Å². The summed E-state index contributed by atoms with van der Waals surface area (Å²) in [5.74, 6) is 0.689. The van der Waals surface area contributed by atoms with E-state index in [-0.39, 0.29) is 5.91 Å². The molecule has 0 bridgehead atoms. The molecule has 0 spiro atoms. The molecule has 2 aliphatic rings. The van der Waals surface area contributed by atoms with E-state index in [2.05, 4.69) is 48.8 Å². The number of hydrogen-bond donors (Lipinski definition) is 0. The number of aryl methyl sites for hydroxylation is 1. The molecule has 4 heteroatoms. The Bertz CT molecular complexity index is 958. The number of allylic oxidation sites excluding steroid dienone is 1. The van der Waals surface area contributed by atoms with Crippen LogP contribution in [0.3, 0.4) is 0 Å².